The number of ether oxygens (including phenoxy) is 1. The normalized spacial score (nSPS) is 13.5. The molecule has 1 aliphatic rings. The average Bonchev–Trinajstić information content (AvgIpc) is 2.76. The smallest absolute Gasteiger partial charge is 0.255 e. The van der Waals surface area contributed by atoms with Gasteiger partial charge in [0.05, 0.1) is 12.8 Å². The second kappa shape index (κ2) is 8.73. The van der Waals surface area contributed by atoms with Gasteiger partial charge in [-0.25, -0.2) is 9.97 Å². The predicted molar refractivity (Wildman–Crippen MR) is 120 cm³/mol. The molecule has 4 rings (SSSR count). The first kappa shape index (κ1) is 20.8. The van der Waals surface area contributed by atoms with Crippen molar-refractivity contribution in [1.29, 1.82) is 0 Å². The van der Waals surface area contributed by atoms with Crippen molar-refractivity contribution in [3.05, 3.63) is 63.3 Å². The standard InChI is InChI=1S/C22H27N7O2/c1-14-11-24-22(27-19(14)23-12-15-6-5-8-29(3)21(15)30)26-18-10-16-13-28(2)9-7-17(16)25-20(18)31-4/h5-6,8,10-11H,7,9,12-13H2,1-4H3,(H2,23,24,26,27). The molecular weight excluding hydrogens is 394 g/mol. The number of hydrogen-bond donors (Lipinski definition) is 2. The van der Waals surface area contributed by atoms with Gasteiger partial charge in [0.15, 0.2) is 0 Å². The van der Waals surface area contributed by atoms with Gasteiger partial charge in [0.25, 0.3) is 5.56 Å². The van der Waals surface area contributed by atoms with Crippen molar-refractivity contribution >= 4 is 17.5 Å². The van der Waals surface area contributed by atoms with Crippen molar-refractivity contribution in [2.45, 2.75) is 26.4 Å². The van der Waals surface area contributed by atoms with Crippen LogP contribution in [-0.2, 0) is 26.6 Å². The minimum Gasteiger partial charge on any atom is -0.480 e. The first-order chi connectivity index (χ1) is 14.9. The van der Waals surface area contributed by atoms with Crippen LogP contribution >= 0.6 is 0 Å². The number of likely N-dealkylation sites (N-methyl/N-ethyl adjacent to an activating group) is 1. The molecule has 0 atom stereocenters. The second-order valence-electron chi connectivity index (χ2n) is 7.79. The third kappa shape index (κ3) is 4.51. The van der Waals surface area contributed by atoms with Crippen LogP contribution in [0.1, 0.15) is 22.4 Å². The maximum absolute atomic E-state index is 12.2. The zero-order chi connectivity index (χ0) is 22.0. The molecule has 4 heterocycles. The third-order valence-electron chi connectivity index (χ3n) is 5.39. The number of nitrogens with one attached hydrogen (secondary N) is 2. The second-order valence-corrected chi connectivity index (χ2v) is 7.79. The zero-order valence-electron chi connectivity index (χ0n) is 18.3. The van der Waals surface area contributed by atoms with Crippen LogP contribution in [-0.4, -0.2) is 45.1 Å². The quantitative estimate of drug-likeness (QED) is 0.625. The predicted octanol–water partition coefficient (Wildman–Crippen LogP) is 2.23. The van der Waals surface area contributed by atoms with Gasteiger partial charge < -0.3 is 24.8 Å². The molecule has 3 aromatic heterocycles. The van der Waals surface area contributed by atoms with Crippen molar-refractivity contribution in [3.63, 3.8) is 0 Å². The Kier molecular flexibility index (Phi) is 5.85. The van der Waals surface area contributed by atoms with Crippen LogP contribution in [0.15, 0.2) is 35.4 Å². The van der Waals surface area contributed by atoms with Gasteiger partial charge in [-0.1, -0.05) is 6.07 Å². The minimum atomic E-state index is -0.0325. The highest BCUT2D eigenvalue weighted by molar-refractivity contribution is 5.63. The highest BCUT2D eigenvalue weighted by atomic mass is 16.5. The van der Waals surface area contributed by atoms with E-state index in [-0.39, 0.29) is 5.56 Å². The number of aromatic nitrogens is 4. The minimum absolute atomic E-state index is 0.0325. The summed E-state index contributed by atoms with van der Waals surface area (Å²) in [6.07, 6.45) is 4.38. The molecule has 0 amide bonds. The Morgan fingerprint density at radius 2 is 2.10 bits per heavy atom. The number of rotatable bonds is 6. The third-order valence-corrected chi connectivity index (χ3v) is 5.39. The summed E-state index contributed by atoms with van der Waals surface area (Å²) < 4.78 is 7.06. The molecule has 31 heavy (non-hydrogen) atoms. The van der Waals surface area contributed by atoms with Crippen LogP contribution in [0, 0.1) is 6.92 Å². The Bertz CT molecular complexity index is 1160. The van der Waals surface area contributed by atoms with Crippen LogP contribution in [0.4, 0.5) is 17.5 Å². The average molecular weight is 422 g/mol. The SMILES string of the molecule is COc1nc2c(cc1Nc1ncc(C)c(NCc3cccn(C)c3=O)n1)CN(C)CC2. The molecule has 0 unspecified atom stereocenters. The van der Waals surface area contributed by atoms with Crippen LogP contribution in [0.2, 0.25) is 0 Å². The lowest BCUT2D eigenvalue weighted by Crippen LogP contribution is -2.27. The van der Waals surface area contributed by atoms with Gasteiger partial charge in [0.2, 0.25) is 11.8 Å². The van der Waals surface area contributed by atoms with Crippen molar-refractivity contribution < 1.29 is 4.74 Å². The van der Waals surface area contributed by atoms with Crippen molar-refractivity contribution in [2.24, 2.45) is 7.05 Å². The fraction of sp³-hybridized carbons (Fsp3) is 0.364. The van der Waals surface area contributed by atoms with Crippen molar-refractivity contribution in [2.75, 3.05) is 31.3 Å². The summed E-state index contributed by atoms with van der Waals surface area (Å²) in [5.74, 6) is 1.61. The summed E-state index contributed by atoms with van der Waals surface area (Å²) in [6, 6.07) is 5.72. The molecule has 2 N–H and O–H groups in total. The van der Waals surface area contributed by atoms with Crippen LogP contribution in [0.3, 0.4) is 0 Å². The van der Waals surface area contributed by atoms with E-state index in [2.05, 4.69) is 43.6 Å². The number of fused-ring (bicyclic) bond motifs is 1. The van der Waals surface area contributed by atoms with E-state index >= 15 is 0 Å². The monoisotopic (exact) mass is 421 g/mol. The Morgan fingerprint density at radius 3 is 2.90 bits per heavy atom. The van der Waals surface area contributed by atoms with Gasteiger partial charge >= 0.3 is 0 Å². The van der Waals surface area contributed by atoms with Gasteiger partial charge in [-0.15, -0.1) is 0 Å². The van der Waals surface area contributed by atoms with E-state index < -0.39 is 0 Å². The van der Waals surface area contributed by atoms with Crippen molar-refractivity contribution in [1.82, 2.24) is 24.4 Å². The Balaban J connectivity index is 1.57. The van der Waals surface area contributed by atoms with Gasteiger partial charge in [0.1, 0.15) is 11.5 Å². The molecule has 9 nitrogen and oxygen atoms in total. The van der Waals surface area contributed by atoms with Gasteiger partial charge in [-0.05, 0) is 31.7 Å². The molecule has 0 aromatic carbocycles. The summed E-state index contributed by atoms with van der Waals surface area (Å²) >= 11 is 0. The maximum Gasteiger partial charge on any atom is 0.255 e. The molecule has 0 saturated carbocycles. The Morgan fingerprint density at radius 1 is 1.26 bits per heavy atom. The molecular formula is C22H27N7O2. The number of pyridine rings is 2. The van der Waals surface area contributed by atoms with E-state index in [9.17, 15) is 4.79 Å². The number of nitrogens with zero attached hydrogens (tertiary/aromatic N) is 5. The largest absolute Gasteiger partial charge is 0.480 e. The summed E-state index contributed by atoms with van der Waals surface area (Å²) in [5.41, 5.74) is 4.48. The zero-order valence-corrected chi connectivity index (χ0v) is 18.3. The van der Waals surface area contributed by atoms with E-state index in [1.165, 1.54) is 5.56 Å². The van der Waals surface area contributed by atoms with E-state index in [0.29, 0.717) is 29.8 Å². The maximum atomic E-state index is 12.2. The molecule has 0 fully saturated rings. The van der Waals surface area contributed by atoms with Crippen LogP contribution in [0.5, 0.6) is 5.88 Å². The first-order valence-corrected chi connectivity index (χ1v) is 10.2. The highest BCUT2D eigenvalue weighted by Gasteiger charge is 2.19. The number of methoxy groups -OCH3 is 1. The number of hydrogen-bond acceptors (Lipinski definition) is 8. The molecule has 0 radical (unpaired) electrons. The van der Waals surface area contributed by atoms with E-state index in [1.807, 2.05) is 19.1 Å². The van der Waals surface area contributed by atoms with Crippen LogP contribution < -0.4 is 20.9 Å². The van der Waals surface area contributed by atoms with Crippen molar-refractivity contribution in [3.8, 4) is 5.88 Å². The Hall–Kier alpha value is -3.46. The van der Waals surface area contributed by atoms with E-state index in [4.69, 9.17) is 4.74 Å². The molecule has 1 aliphatic heterocycles. The number of aryl methyl sites for hydroxylation is 2. The molecule has 0 aliphatic carbocycles. The topological polar surface area (TPSA) is 97.2 Å². The fourth-order valence-electron chi connectivity index (χ4n) is 3.61. The molecule has 3 aromatic rings. The lowest BCUT2D eigenvalue weighted by molar-refractivity contribution is 0.307. The molecule has 0 spiro atoms. The van der Waals surface area contributed by atoms with Gasteiger partial charge in [-0.2, -0.15) is 4.98 Å². The lowest BCUT2D eigenvalue weighted by Gasteiger charge is -2.25. The lowest BCUT2D eigenvalue weighted by atomic mass is 10.1. The highest BCUT2D eigenvalue weighted by Crippen LogP contribution is 2.30. The fourth-order valence-corrected chi connectivity index (χ4v) is 3.61. The van der Waals surface area contributed by atoms with E-state index in [1.54, 1.807) is 31.1 Å². The summed E-state index contributed by atoms with van der Waals surface area (Å²) in [5, 5.41) is 6.49. The van der Waals surface area contributed by atoms with Gasteiger partial charge in [0, 0.05) is 56.6 Å². The van der Waals surface area contributed by atoms with E-state index in [0.717, 1.165) is 36.5 Å². The molecule has 162 valence electrons. The molecule has 9 heteroatoms. The summed E-state index contributed by atoms with van der Waals surface area (Å²) in [6.45, 7) is 4.12. The Labute approximate surface area is 181 Å². The van der Waals surface area contributed by atoms with Gasteiger partial charge in [-0.3, -0.25) is 4.79 Å². The summed E-state index contributed by atoms with van der Waals surface area (Å²) in [4.78, 5) is 28.2. The molecule has 0 saturated heterocycles. The van der Waals surface area contributed by atoms with Crippen LogP contribution in [0.25, 0.3) is 0 Å². The first-order valence-electron chi connectivity index (χ1n) is 10.2. The molecule has 0 bridgehead atoms. The summed E-state index contributed by atoms with van der Waals surface area (Å²) in [7, 11) is 5.45. The number of anilines is 3.